The zero-order chi connectivity index (χ0) is 50.3. The molecule has 1 aliphatic rings. The third-order valence-corrected chi connectivity index (χ3v) is 15.1. The van der Waals surface area contributed by atoms with Crippen molar-refractivity contribution >= 4 is 44.6 Å². The highest BCUT2D eigenvalue weighted by molar-refractivity contribution is 6.09. The van der Waals surface area contributed by atoms with Crippen LogP contribution < -0.4 is 14.5 Å². The van der Waals surface area contributed by atoms with Crippen LogP contribution in [0.15, 0.2) is 176 Å². The number of para-hydroxylation sites is 1. The van der Waals surface area contributed by atoms with Gasteiger partial charge in [0.05, 0.1) is 22.4 Å². The first-order valence-corrected chi connectivity index (χ1v) is 25.4. The Kier molecular flexibility index (Phi) is 11.6. The van der Waals surface area contributed by atoms with Crippen LogP contribution in [0, 0.1) is 0 Å². The molecule has 5 heteroatoms. The van der Waals surface area contributed by atoms with Gasteiger partial charge in [0.1, 0.15) is 24.0 Å². The number of fused-ring (bicyclic) bond motifs is 4. The van der Waals surface area contributed by atoms with E-state index < -0.39 is 0 Å². The Hall–Kier alpha value is -7.11. The van der Waals surface area contributed by atoms with Crippen LogP contribution in [0.4, 0.5) is 22.7 Å². The number of ether oxygens (including phenoxy) is 1. The van der Waals surface area contributed by atoms with Crippen LogP contribution in [0.2, 0.25) is 0 Å². The molecule has 9 aromatic rings. The Morgan fingerprint density at radius 1 is 0.394 bits per heavy atom. The Bertz CT molecular complexity index is 3410. The number of hydrogen-bond acceptors (Lipinski definition) is 4. The second-order valence-corrected chi connectivity index (χ2v) is 23.9. The highest BCUT2D eigenvalue weighted by Gasteiger charge is 2.36. The normalized spacial score (nSPS) is 13.6. The van der Waals surface area contributed by atoms with Gasteiger partial charge in [-0.05, 0) is 122 Å². The molecule has 1 aliphatic heterocycles. The fraction of sp³-hybridized carbons (Fsp3) is 0.288. The van der Waals surface area contributed by atoms with Gasteiger partial charge in [-0.3, -0.25) is 4.57 Å². The molecule has 2 aromatic heterocycles. The molecular weight excluding hydrogens is 865 g/mol. The molecule has 71 heavy (non-hydrogen) atoms. The van der Waals surface area contributed by atoms with Gasteiger partial charge >= 0.3 is 0 Å². The third-order valence-electron chi connectivity index (χ3n) is 15.1. The lowest BCUT2D eigenvalue weighted by atomic mass is 9.74. The fourth-order valence-corrected chi connectivity index (χ4v) is 10.6. The van der Waals surface area contributed by atoms with Gasteiger partial charge in [-0.15, -0.1) is 0 Å². The van der Waals surface area contributed by atoms with E-state index in [-0.39, 0.29) is 27.1 Å². The predicted molar refractivity (Wildman–Crippen MR) is 300 cm³/mol. The van der Waals surface area contributed by atoms with E-state index in [1.807, 2.05) is 6.20 Å². The van der Waals surface area contributed by atoms with E-state index in [1.54, 1.807) is 0 Å². The lowest BCUT2D eigenvalue weighted by molar-refractivity contribution is 0.479. The third kappa shape index (κ3) is 8.79. The highest BCUT2D eigenvalue weighted by atomic mass is 16.5. The molecule has 5 nitrogen and oxygen atoms in total. The van der Waals surface area contributed by atoms with Gasteiger partial charge in [0, 0.05) is 51.3 Å². The van der Waals surface area contributed by atoms with Gasteiger partial charge in [-0.1, -0.05) is 181 Å². The van der Waals surface area contributed by atoms with Crippen molar-refractivity contribution in [3.8, 4) is 17.3 Å². The molecule has 3 heterocycles. The SMILES string of the molecule is CC(C)(C)c1cc(Oc2ccc3c4ccccc4n(-c4cc(C(C)(C)c5ccccc5)ccn4)c3c2)cc(N2CN(c3ccc(C(C)(C)c4ccccc4)cc3)c3cc(C(C)(C)C)c(C(C)(C)C)cc32)c1. The smallest absolute Gasteiger partial charge is 0.137 e. The zero-order valence-electron chi connectivity index (χ0n) is 44.1. The second kappa shape index (κ2) is 17.3. The molecule has 0 saturated heterocycles. The number of pyridine rings is 1. The summed E-state index contributed by atoms with van der Waals surface area (Å²) in [5.74, 6) is 2.45. The summed E-state index contributed by atoms with van der Waals surface area (Å²) in [5, 5.41) is 2.33. The standard InChI is InChI=1S/C66H70N4O/c1-62(2,3)48-36-50(69-43-68(59-41-55(63(4,5)6)56(42-60(59)69)64(7,8)9)49-30-28-46(29-31-49)65(10,11)44-22-16-14-17-23-44)39-52(37-48)71-51-32-33-54-53-26-20-21-27-57(53)70(58(54)40-51)61-38-47(34-35-67-61)66(12,13)45-24-18-15-19-25-45/h14-42H,43H2,1-13H3. The van der Waals surface area contributed by atoms with E-state index in [0.29, 0.717) is 6.67 Å². The lowest BCUT2D eigenvalue weighted by Crippen LogP contribution is -2.25. The molecule has 7 aromatic carbocycles. The summed E-state index contributed by atoms with van der Waals surface area (Å²) in [6.07, 6.45) is 1.95. The van der Waals surface area contributed by atoms with Gasteiger partial charge in [0.25, 0.3) is 0 Å². The molecule has 0 unspecified atom stereocenters. The van der Waals surface area contributed by atoms with Crippen LogP contribution in [-0.4, -0.2) is 16.2 Å². The van der Waals surface area contributed by atoms with Crippen LogP contribution in [-0.2, 0) is 27.1 Å². The summed E-state index contributed by atoms with van der Waals surface area (Å²) < 4.78 is 9.39. The van der Waals surface area contributed by atoms with Crippen molar-refractivity contribution < 1.29 is 4.74 Å². The first kappa shape index (κ1) is 47.6. The number of nitrogens with zero attached hydrogens (tertiary/aromatic N) is 4. The van der Waals surface area contributed by atoms with Crippen molar-refractivity contribution in [2.75, 3.05) is 16.5 Å². The van der Waals surface area contributed by atoms with E-state index in [1.165, 1.54) is 61.4 Å². The monoisotopic (exact) mass is 935 g/mol. The Labute approximate surface area is 422 Å². The molecule has 360 valence electrons. The zero-order valence-corrected chi connectivity index (χ0v) is 44.1. The molecule has 0 atom stereocenters. The Morgan fingerprint density at radius 3 is 1.52 bits per heavy atom. The predicted octanol–water partition coefficient (Wildman–Crippen LogP) is 17.8. The van der Waals surface area contributed by atoms with Crippen LogP contribution in [0.25, 0.3) is 27.6 Å². The van der Waals surface area contributed by atoms with E-state index in [0.717, 1.165) is 39.4 Å². The molecule has 0 saturated carbocycles. The number of rotatable bonds is 9. The number of anilines is 4. The maximum Gasteiger partial charge on any atom is 0.137 e. The summed E-state index contributed by atoms with van der Waals surface area (Å²) in [7, 11) is 0. The van der Waals surface area contributed by atoms with Crippen LogP contribution >= 0.6 is 0 Å². The van der Waals surface area contributed by atoms with Crippen molar-refractivity contribution in [1.82, 2.24) is 9.55 Å². The number of benzene rings is 7. The molecule has 0 fully saturated rings. The number of aromatic nitrogens is 2. The van der Waals surface area contributed by atoms with Gasteiger partial charge in [-0.2, -0.15) is 0 Å². The van der Waals surface area contributed by atoms with Crippen molar-refractivity contribution in [1.29, 1.82) is 0 Å². The molecule has 0 spiro atoms. The van der Waals surface area contributed by atoms with Crippen LogP contribution in [0.3, 0.4) is 0 Å². The molecule has 0 N–H and O–H groups in total. The van der Waals surface area contributed by atoms with Crippen LogP contribution in [0.1, 0.15) is 129 Å². The molecular formula is C66H70N4O. The van der Waals surface area contributed by atoms with E-state index in [9.17, 15) is 0 Å². The minimum atomic E-state index is -0.220. The minimum absolute atomic E-state index is 0.0577. The fourth-order valence-electron chi connectivity index (χ4n) is 10.6. The molecule has 10 rings (SSSR count). The quantitative estimate of drug-likeness (QED) is 0.144. The first-order chi connectivity index (χ1) is 33.6. The number of hydrogen-bond donors (Lipinski definition) is 0. The summed E-state index contributed by atoms with van der Waals surface area (Å²) >= 11 is 0. The highest BCUT2D eigenvalue weighted by Crippen LogP contribution is 2.51. The average Bonchev–Trinajstić information content (AvgIpc) is 3.89. The van der Waals surface area contributed by atoms with E-state index in [2.05, 4.69) is 274 Å². The molecule has 0 aliphatic carbocycles. The lowest BCUT2D eigenvalue weighted by Gasteiger charge is -2.32. The van der Waals surface area contributed by atoms with Crippen molar-refractivity contribution in [2.24, 2.45) is 0 Å². The van der Waals surface area contributed by atoms with E-state index >= 15 is 0 Å². The van der Waals surface area contributed by atoms with E-state index in [4.69, 9.17) is 9.72 Å². The van der Waals surface area contributed by atoms with Gasteiger partial charge in [0.2, 0.25) is 0 Å². The van der Waals surface area contributed by atoms with Gasteiger partial charge in [-0.25, -0.2) is 4.98 Å². The first-order valence-electron chi connectivity index (χ1n) is 25.4. The maximum atomic E-state index is 7.09. The van der Waals surface area contributed by atoms with Crippen molar-refractivity contribution in [3.63, 3.8) is 0 Å². The van der Waals surface area contributed by atoms with Crippen molar-refractivity contribution in [2.45, 2.75) is 117 Å². The Balaban J connectivity index is 1.07. The van der Waals surface area contributed by atoms with Crippen molar-refractivity contribution in [3.05, 3.63) is 215 Å². The average molecular weight is 935 g/mol. The molecule has 0 bridgehead atoms. The molecule has 0 radical (unpaired) electrons. The Morgan fingerprint density at radius 2 is 0.930 bits per heavy atom. The summed E-state index contributed by atoms with van der Waals surface area (Å²) in [6, 6.07) is 62.1. The largest absolute Gasteiger partial charge is 0.457 e. The van der Waals surface area contributed by atoms with Crippen LogP contribution in [0.5, 0.6) is 11.5 Å². The van der Waals surface area contributed by atoms with Gasteiger partial charge < -0.3 is 14.5 Å². The minimum Gasteiger partial charge on any atom is -0.457 e. The summed E-state index contributed by atoms with van der Waals surface area (Å²) in [6.45, 7) is 30.8. The summed E-state index contributed by atoms with van der Waals surface area (Å²) in [4.78, 5) is 10.0. The van der Waals surface area contributed by atoms with Gasteiger partial charge in [0.15, 0.2) is 0 Å². The molecule has 0 amide bonds. The summed E-state index contributed by atoms with van der Waals surface area (Å²) in [5.41, 5.74) is 15.2. The second-order valence-electron chi connectivity index (χ2n) is 23.9. The maximum absolute atomic E-state index is 7.09. The topological polar surface area (TPSA) is 33.5 Å².